The predicted molar refractivity (Wildman–Crippen MR) is 228 cm³/mol. The minimum atomic E-state index is -5.49. The quantitative estimate of drug-likeness (QED) is 0.0711. The zero-order valence-corrected chi connectivity index (χ0v) is 33.9. The molecule has 1 heterocycles. The second-order valence-electron chi connectivity index (χ2n) is 12.7. The van der Waals surface area contributed by atoms with Crippen LogP contribution < -0.4 is 45.0 Å². The third kappa shape index (κ3) is 9.37. The van der Waals surface area contributed by atoms with Gasteiger partial charge in [0.2, 0.25) is 0 Å². The normalized spacial score (nSPS) is 17.0. The summed E-state index contributed by atoms with van der Waals surface area (Å²) in [6, 6.07) is 50.9. The van der Waals surface area contributed by atoms with E-state index in [1.54, 1.807) is 4.60 Å². The van der Waals surface area contributed by atoms with Crippen molar-refractivity contribution in [2.75, 3.05) is 19.6 Å². The number of hydrogen-bond acceptors (Lipinski definition) is 12. The van der Waals surface area contributed by atoms with Crippen molar-refractivity contribution in [2.45, 2.75) is 19.3 Å². The average Bonchev–Trinajstić information content (AvgIpc) is 3.24. The third-order valence-corrected chi connectivity index (χ3v) is 15.7. The van der Waals surface area contributed by atoms with Gasteiger partial charge in [-0.2, -0.15) is 0 Å². The fourth-order valence-corrected chi connectivity index (χ4v) is 13.7. The van der Waals surface area contributed by atoms with E-state index < -0.39 is 16.0 Å². The number of hydrogen-bond donors (Lipinski definition) is 3. The second kappa shape index (κ2) is 18.9. The van der Waals surface area contributed by atoms with Gasteiger partial charge in [0.15, 0.2) is 0 Å². The molecule has 0 radical (unpaired) electrons. The van der Waals surface area contributed by atoms with E-state index in [-0.39, 0.29) is 8.52 Å². The first-order chi connectivity index (χ1) is 28.0. The molecule has 15 heteroatoms. The molecule has 294 valence electrons. The molecule has 0 aliphatic carbocycles. The van der Waals surface area contributed by atoms with Crippen molar-refractivity contribution >= 4 is 24.6 Å². The van der Waals surface area contributed by atoms with Crippen LogP contribution in [0.3, 0.4) is 0 Å². The summed E-state index contributed by atoms with van der Waals surface area (Å²) >= 11 is 0. The standard InChI is InChI=1S/C42H45N6O6P3/c43-31-28-34-16-10-13-25-40(34)52-57(53-41-26-14-11-17-35(41)29-32-44,54-42-27-15-12-18-36(42)30-33-45)46-55-47(49-37-19-4-1-5-20-37)56(51-39-23-8-3-9-24-39)48(57)50-38-21-6-2-7-22-38/h1-27H,28-33,43-45H2. The summed E-state index contributed by atoms with van der Waals surface area (Å²) in [7, 11) is -7.54. The fraction of sp³-hybridized carbons (Fsp3) is 0.143. The molecule has 0 spiro atoms. The van der Waals surface area contributed by atoms with Crippen molar-refractivity contribution in [1.82, 2.24) is 9.21 Å². The molecule has 0 amide bonds. The molecule has 0 fully saturated rings. The molecule has 0 aromatic heterocycles. The van der Waals surface area contributed by atoms with Crippen LogP contribution in [0.25, 0.3) is 0 Å². The summed E-state index contributed by atoms with van der Waals surface area (Å²) in [5.74, 6) is 2.79. The Labute approximate surface area is 336 Å². The number of para-hydroxylation sites is 6. The Kier molecular flexibility index (Phi) is 13.3. The van der Waals surface area contributed by atoms with Gasteiger partial charge in [-0.3, -0.25) is 0 Å². The van der Waals surface area contributed by atoms with Crippen molar-refractivity contribution in [2.24, 2.45) is 21.7 Å². The summed E-state index contributed by atoms with van der Waals surface area (Å²) in [6.07, 6.45) is 1.48. The van der Waals surface area contributed by atoms with Crippen molar-refractivity contribution < 1.29 is 27.8 Å². The number of benzene rings is 6. The zero-order chi connectivity index (χ0) is 39.4. The predicted octanol–water partition coefficient (Wildman–Crippen LogP) is 9.81. The number of nitrogens with two attached hydrogens (primary N) is 3. The van der Waals surface area contributed by atoms with Crippen LogP contribution in [0, 0.1) is 0 Å². The third-order valence-electron chi connectivity index (χ3n) is 8.56. The van der Waals surface area contributed by atoms with E-state index in [9.17, 15) is 0 Å². The number of rotatable bonds is 18. The monoisotopic (exact) mass is 822 g/mol. The van der Waals surface area contributed by atoms with Gasteiger partial charge in [-0.1, -0.05) is 0 Å². The Hall–Kier alpha value is -5.12. The van der Waals surface area contributed by atoms with Crippen LogP contribution in [-0.4, -0.2) is 28.8 Å². The molecule has 6 aromatic carbocycles. The Bertz CT molecular complexity index is 2100. The van der Waals surface area contributed by atoms with Gasteiger partial charge in [0.1, 0.15) is 0 Å². The molecule has 6 N–H and O–H groups in total. The molecule has 12 nitrogen and oxygen atoms in total. The molecule has 57 heavy (non-hydrogen) atoms. The van der Waals surface area contributed by atoms with Gasteiger partial charge < -0.3 is 0 Å². The average molecular weight is 823 g/mol. The van der Waals surface area contributed by atoms with Gasteiger partial charge in [0.05, 0.1) is 0 Å². The molecule has 1 unspecified atom stereocenters. The second-order valence-corrected chi connectivity index (χ2v) is 18.5. The first-order valence-electron chi connectivity index (χ1n) is 18.5. The molecule has 1 atom stereocenters. The number of nitrogens with zero attached hydrogens (tertiary/aromatic N) is 3. The first kappa shape index (κ1) is 40.1. The van der Waals surface area contributed by atoms with E-state index in [1.807, 2.05) is 164 Å². The minimum absolute atomic E-state index is 0.221. The molecular formula is C42H45N6O6P3. The first-order valence-corrected chi connectivity index (χ1v) is 22.4. The SMILES string of the molecule is NCCc1ccccc1OP1(Oc2ccccc2CCN)(Oc2ccccc2CCN)N=PN(Oc2ccccc2)P(Oc2ccccc2)N1Oc1ccccc1. The molecule has 1 aliphatic heterocycles. The van der Waals surface area contributed by atoms with E-state index in [2.05, 4.69) is 0 Å². The van der Waals surface area contributed by atoms with E-state index in [1.165, 1.54) is 4.60 Å². The Morgan fingerprint density at radius 2 is 0.842 bits per heavy atom. The summed E-state index contributed by atoms with van der Waals surface area (Å²) in [5, 5.41) is 0. The summed E-state index contributed by atoms with van der Waals surface area (Å²) in [6.45, 7) is 1.08. The van der Waals surface area contributed by atoms with Gasteiger partial charge in [0, 0.05) is 0 Å². The molecule has 6 aromatic rings. The van der Waals surface area contributed by atoms with Crippen molar-refractivity contribution in [3.05, 3.63) is 180 Å². The Balaban J connectivity index is 1.57. The van der Waals surface area contributed by atoms with Crippen LogP contribution >= 0.6 is 24.6 Å². The maximum atomic E-state index is 7.49. The Morgan fingerprint density at radius 3 is 1.26 bits per heavy atom. The van der Waals surface area contributed by atoms with Crippen LogP contribution in [0.15, 0.2) is 168 Å². The summed E-state index contributed by atoms with van der Waals surface area (Å²) < 4.78 is 37.9. The molecule has 7 rings (SSSR count). The molecular weight excluding hydrogens is 777 g/mol. The topological polar surface area (TPSA) is 152 Å². The Morgan fingerprint density at radius 1 is 0.474 bits per heavy atom. The van der Waals surface area contributed by atoms with E-state index in [0.717, 1.165) is 16.7 Å². The van der Waals surface area contributed by atoms with Gasteiger partial charge in [0.25, 0.3) is 0 Å². The van der Waals surface area contributed by atoms with Crippen LogP contribution in [-0.2, 0) is 19.3 Å². The van der Waals surface area contributed by atoms with Crippen molar-refractivity contribution in [1.29, 1.82) is 0 Å². The van der Waals surface area contributed by atoms with Crippen LogP contribution in [0.5, 0.6) is 34.5 Å². The van der Waals surface area contributed by atoms with Gasteiger partial charge in [-0.15, -0.1) is 0 Å². The zero-order valence-electron chi connectivity index (χ0n) is 31.2. The van der Waals surface area contributed by atoms with Crippen LogP contribution in [0.1, 0.15) is 16.7 Å². The summed E-state index contributed by atoms with van der Waals surface area (Å²) in [5.41, 5.74) is 21.0. The molecule has 0 saturated heterocycles. The van der Waals surface area contributed by atoms with Crippen molar-refractivity contribution in [3.8, 4) is 34.5 Å². The van der Waals surface area contributed by atoms with Gasteiger partial charge >= 0.3 is 337 Å². The van der Waals surface area contributed by atoms with Gasteiger partial charge in [-0.25, -0.2) is 0 Å². The summed E-state index contributed by atoms with van der Waals surface area (Å²) in [4.78, 5) is 13.7. The molecule has 0 bridgehead atoms. The van der Waals surface area contributed by atoms with Gasteiger partial charge in [-0.05, 0) is 0 Å². The maximum absolute atomic E-state index is 7.49. The molecule has 0 saturated carbocycles. The van der Waals surface area contributed by atoms with E-state index in [0.29, 0.717) is 73.4 Å². The fourth-order valence-electron chi connectivity index (χ4n) is 5.90. The van der Waals surface area contributed by atoms with E-state index >= 15 is 0 Å². The van der Waals surface area contributed by atoms with Crippen LogP contribution in [0.4, 0.5) is 0 Å². The van der Waals surface area contributed by atoms with Crippen molar-refractivity contribution in [3.63, 3.8) is 0 Å². The van der Waals surface area contributed by atoms with E-state index in [4.69, 9.17) is 49.5 Å². The van der Waals surface area contributed by atoms with Crippen LogP contribution in [0.2, 0.25) is 0 Å². The molecule has 1 aliphatic rings.